The normalized spacial score (nSPS) is 13.4. The lowest BCUT2D eigenvalue weighted by molar-refractivity contribution is 0.161. The van der Waals surface area contributed by atoms with Gasteiger partial charge < -0.3 is 16.2 Å². The van der Waals surface area contributed by atoms with E-state index in [0.717, 1.165) is 32.4 Å². The van der Waals surface area contributed by atoms with Crippen molar-refractivity contribution in [3.05, 3.63) is 0 Å². The van der Waals surface area contributed by atoms with Gasteiger partial charge in [-0.1, -0.05) is 13.3 Å². The van der Waals surface area contributed by atoms with Crippen molar-refractivity contribution in [1.82, 2.24) is 5.32 Å². The van der Waals surface area contributed by atoms with Crippen LogP contribution in [0.25, 0.3) is 0 Å². The molecule has 4 N–H and O–H groups in total. The van der Waals surface area contributed by atoms with Crippen LogP contribution in [0.2, 0.25) is 0 Å². The van der Waals surface area contributed by atoms with Gasteiger partial charge in [0, 0.05) is 6.54 Å². The number of nitrogens with one attached hydrogen (secondary N) is 1. The number of aliphatic hydroxyl groups excluding tert-OH is 1. The molecule has 11 heavy (non-hydrogen) atoms. The summed E-state index contributed by atoms with van der Waals surface area (Å²) in [6.45, 7) is 4.41. The molecule has 0 amide bonds. The molecule has 3 heteroatoms. The van der Waals surface area contributed by atoms with Crippen LogP contribution in [-0.2, 0) is 0 Å². The summed E-state index contributed by atoms with van der Waals surface area (Å²) in [6.07, 6.45) is 2.73. The highest BCUT2D eigenvalue weighted by atomic mass is 16.3. The van der Waals surface area contributed by atoms with Gasteiger partial charge in [0.15, 0.2) is 0 Å². The zero-order chi connectivity index (χ0) is 8.53. The van der Waals surface area contributed by atoms with E-state index < -0.39 is 0 Å². The summed E-state index contributed by atoms with van der Waals surface area (Å²) in [7, 11) is 0. The summed E-state index contributed by atoms with van der Waals surface area (Å²) in [6, 6.07) is 0. The van der Waals surface area contributed by atoms with E-state index in [-0.39, 0.29) is 6.10 Å². The van der Waals surface area contributed by atoms with Crippen LogP contribution in [0.5, 0.6) is 0 Å². The topological polar surface area (TPSA) is 58.3 Å². The molecule has 3 nitrogen and oxygen atoms in total. The van der Waals surface area contributed by atoms with E-state index in [1.807, 2.05) is 0 Å². The van der Waals surface area contributed by atoms with Crippen LogP contribution in [0.15, 0.2) is 0 Å². The Kier molecular flexibility index (Phi) is 7.89. The van der Waals surface area contributed by atoms with Crippen molar-refractivity contribution in [3.63, 3.8) is 0 Å². The Morgan fingerprint density at radius 3 is 2.82 bits per heavy atom. The second-order valence-electron chi connectivity index (χ2n) is 2.79. The number of aliphatic hydroxyl groups is 1. The molecule has 0 aromatic carbocycles. The van der Waals surface area contributed by atoms with Crippen LogP contribution in [-0.4, -0.2) is 30.8 Å². The summed E-state index contributed by atoms with van der Waals surface area (Å²) in [5.74, 6) is 0. The maximum atomic E-state index is 9.25. The summed E-state index contributed by atoms with van der Waals surface area (Å²) in [5.41, 5.74) is 5.30. The molecule has 0 aliphatic carbocycles. The van der Waals surface area contributed by atoms with E-state index in [9.17, 15) is 5.11 Å². The monoisotopic (exact) mass is 160 g/mol. The van der Waals surface area contributed by atoms with Crippen molar-refractivity contribution >= 4 is 0 Å². The molecular weight excluding hydrogens is 140 g/mol. The average Bonchev–Trinajstić information content (AvgIpc) is 1.99. The lowest BCUT2D eigenvalue weighted by Crippen LogP contribution is -2.28. The minimum Gasteiger partial charge on any atom is -0.392 e. The smallest absolute Gasteiger partial charge is 0.0664 e. The number of hydrogen-bond acceptors (Lipinski definition) is 3. The van der Waals surface area contributed by atoms with Crippen LogP contribution >= 0.6 is 0 Å². The average molecular weight is 160 g/mol. The third kappa shape index (κ3) is 7.78. The van der Waals surface area contributed by atoms with E-state index in [4.69, 9.17) is 5.73 Å². The van der Waals surface area contributed by atoms with Gasteiger partial charge in [-0.2, -0.15) is 0 Å². The maximum Gasteiger partial charge on any atom is 0.0664 e. The zero-order valence-electron chi connectivity index (χ0n) is 7.34. The third-order valence-electron chi connectivity index (χ3n) is 1.56. The molecule has 0 bridgehead atoms. The molecule has 1 atom stereocenters. The minimum absolute atomic E-state index is 0.183. The molecule has 0 heterocycles. The molecule has 0 saturated heterocycles. The highest BCUT2D eigenvalue weighted by molar-refractivity contribution is 4.58. The molecule has 0 aliphatic rings. The summed E-state index contributed by atoms with van der Waals surface area (Å²) in [5, 5.41) is 12.4. The lowest BCUT2D eigenvalue weighted by atomic mass is 10.2. The fraction of sp³-hybridized carbons (Fsp3) is 1.00. The van der Waals surface area contributed by atoms with E-state index >= 15 is 0 Å². The first kappa shape index (κ1) is 10.9. The minimum atomic E-state index is -0.183. The second-order valence-corrected chi connectivity index (χ2v) is 2.79. The Balaban J connectivity index is 2.97. The van der Waals surface area contributed by atoms with Crippen molar-refractivity contribution in [2.75, 3.05) is 19.6 Å². The molecular formula is C8H20N2O. The SMILES string of the molecule is CCCC(O)CNCCCN. The van der Waals surface area contributed by atoms with Crippen LogP contribution in [0.3, 0.4) is 0 Å². The summed E-state index contributed by atoms with van der Waals surface area (Å²) >= 11 is 0. The third-order valence-corrected chi connectivity index (χ3v) is 1.56. The van der Waals surface area contributed by atoms with Crippen molar-refractivity contribution in [1.29, 1.82) is 0 Å². The highest BCUT2D eigenvalue weighted by Gasteiger charge is 1.99. The Morgan fingerprint density at radius 2 is 2.27 bits per heavy atom. The molecule has 0 saturated carbocycles. The first-order chi connectivity index (χ1) is 5.31. The largest absolute Gasteiger partial charge is 0.392 e. The Labute approximate surface area is 69.0 Å². The van der Waals surface area contributed by atoms with Gasteiger partial charge in [-0.15, -0.1) is 0 Å². The molecule has 0 radical (unpaired) electrons. The molecule has 1 unspecified atom stereocenters. The predicted octanol–water partition coefficient (Wildman–Crippen LogP) is 0.0858. The standard InChI is InChI=1S/C8H20N2O/c1-2-4-8(11)7-10-6-3-5-9/h8,10-11H,2-7,9H2,1H3. The van der Waals surface area contributed by atoms with Gasteiger partial charge in [-0.05, 0) is 25.9 Å². The van der Waals surface area contributed by atoms with Gasteiger partial charge in [0.1, 0.15) is 0 Å². The molecule has 0 aromatic rings. The van der Waals surface area contributed by atoms with Crippen LogP contribution < -0.4 is 11.1 Å². The molecule has 0 spiro atoms. The maximum absolute atomic E-state index is 9.25. The van der Waals surface area contributed by atoms with Crippen LogP contribution in [0.4, 0.5) is 0 Å². The molecule has 0 rings (SSSR count). The zero-order valence-corrected chi connectivity index (χ0v) is 7.34. The van der Waals surface area contributed by atoms with Gasteiger partial charge in [0.05, 0.1) is 6.10 Å². The number of hydrogen-bond donors (Lipinski definition) is 3. The van der Waals surface area contributed by atoms with E-state index in [0.29, 0.717) is 6.54 Å². The lowest BCUT2D eigenvalue weighted by Gasteiger charge is -2.09. The van der Waals surface area contributed by atoms with E-state index in [2.05, 4.69) is 12.2 Å². The predicted molar refractivity (Wildman–Crippen MR) is 47.5 cm³/mol. The Bertz CT molecular complexity index is 78.5. The van der Waals surface area contributed by atoms with Crippen LogP contribution in [0, 0.1) is 0 Å². The molecule has 0 aromatic heterocycles. The molecule has 68 valence electrons. The van der Waals surface area contributed by atoms with Crippen molar-refractivity contribution in [3.8, 4) is 0 Å². The van der Waals surface area contributed by atoms with Crippen molar-refractivity contribution in [2.45, 2.75) is 32.3 Å². The van der Waals surface area contributed by atoms with E-state index in [1.54, 1.807) is 0 Å². The van der Waals surface area contributed by atoms with Gasteiger partial charge in [-0.25, -0.2) is 0 Å². The fourth-order valence-corrected chi connectivity index (χ4v) is 0.931. The first-order valence-electron chi connectivity index (χ1n) is 4.40. The molecule has 0 aliphatic heterocycles. The Hall–Kier alpha value is -0.120. The second kappa shape index (κ2) is 7.98. The number of nitrogens with two attached hydrogens (primary N) is 1. The van der Waals surface area contributed by atoms with Gasteiger partial charge >= 0.3 is 0 Å². The van der Waals surface area contributed by atoms with E-state index in [1.165, 1.54) is 0 Å². The molecule has 0 fully saturated rings. The van der Waals surface area contributed by atoms with Gasteiger partial charge in [0.25, 0.3) is 0 Å². The summed E-state index contributed by atoms with van der Waals surface area (Å²) in [4.78, 5) is 0. The quantitative estimate of drug-likeness (QED) is 0.462. The summed E-state index contributed by atoms with van der Waals surface area (Å²) < 4.78 is 0. The fourth-order valence-electron chi connectivity index (χ4n) is 0.931. The van der Waals surface area contributed by atoms with Crippen molar-refractivity contribution < 1.29 is 5.11 Å². The number of rotatable bonds is 7. The highest BCUT2D eigenvalue weighted by Crippen LogP contribution is 1.93. The van der Waals surface area contributed by atoms with Crippen molar-refractivity contribution in [2.24, 2.45) is 5.73 Å². The first-order valence-corrected chi connectivity index (χ1v) is 4.40. The van der Waals surface area contributed by atoms with Gasteiger partial charge in [-0.3, -0.25) is 0 Å². The van der Waals surface area contributed by atoms with Gasteiger partial charge in [0.2, 0.25) is 0 Å². The van der Waals surface area contributed by atoms with Crippen LogP contribution in [0.1, 0.15) is 26.2 Å². The Morgan fingerprint density at radius 1 is 1.55 bits per heavy atom.